The molecule has 2 nitrogen and oxygen atoms in total. The van der Waals surface area contributed by atoms with Gasteiger partial charge in [-0.2, -0.15) is 0 Å². The largest absolute Gasteiger partial charge is 0.456 e. The second-order valence-electron chi connectivity index (χ2n) is 8.98. The average molecular weight is 449 g/mol. The van der Waals surface area contributed by atoms with Crippen LogP contribution in [-0.2, 0) is 0 Å². The third kappa shape index (κ3) is 3.31. The molecule has 0 aliphatic heterocycles. The second kappa shape index (κ2) is 7.68. The Hall–Kier alpha value is -4.69. The van der Waals surface area contributed by atoms with E-state index in [-0.39, 0.29) is 5.43 Å². The van der Waals surface area contributed by atoms with Crippen LogP contribution >= 0.6 is 0 Å². The highest BCUT2D eigenvalue weighted by Gasteiger charge is 2.11. The molecular weight excluding hydrogens is 428 g/mol. The molecule has 0 fully saturated rings. The van der Waals surface area contributed by atoms with Crippen molar-refractivity contribution in [2.24, 2.45) is 0 Å². The van der Waals surface area contributed by atoms with Crippen LogP contribution in [0.15, 0.2) is 131 Å². The van der Waals surface area contributed by atoms with Gasteiger partial charge in [0.1, 0.15) is 11.2 Å². The third-order valence-electron chi connectivity index (χ3n) is 6.83. The van der Waals surface area contributed by atoms with Crippen LogP contribution in [0.4, 0.5) is 0 Å². The van der Waals surface area contributed by atoms with E-state index in [1.54, 1.807) is 0 Å². The molecule has 1 aromatic heterocycles. The SMILES string of the molecule is O=c1c2cc(-c3ccc4ccccc4c3)ccc2oc2ccc(-c3ccc4ccccc4c3)cc12. The van der Waals surface area contributed by atoms with E-state index in [9.17, 15) is 4.79 Å². The van der Waals surface area contributed by atoms with Crippen molar-refractivity contribution in [3.05, 3.63) is 132 Å². The third-order valence-corrected chi connectivity index (χ3v) is 6.83. The van der Waals surface area contributed by atoms with Crippen molar-refractivity contribution in [3.63, 3.8) is 0 Å². The van der Waals surface area contributed by atoms with Gasteiger partial charge in [-0.25, -0.2) is 0 Å². The Morgan fingerprint density at radius 2 is 0.800 bits per heavy atom. The number of fused-ring (bicyclic) bond motifs is 4. The lowest BCUT2D eigenvalue weighted by molar-refractivity contribution is 0.660. The van der Waals surface area contributed by atoms with Crippen molar-refractivity contribution in [1.29, 1.82) is 0 Å². The minimum atomic E-state index is -0.00784. The summed E-state index contributed by atoms with van der Waals surface area (Å²) in [5, 5.41) is 5.94. The van der Waals surface area contributed by atoms with E-state index in [1.165, 1.54) is 21.5 Å². The minimum absolute atomic E-state index is 0.00784. The van der Waals surface area contributed by atoms with Crippen molar-refractivity contribution in [2.75, 3.05) is 0 Å². The molecule has 0 aliphatic rings. The van der Waals surface area contributed by atoms with Crippen molar-refractivity contribution >= 4 is 43.5 Å². The van der Waals surface area contributed by atoms with E-state index >= 15 is 0 Å². The van der Waals surface area contributed by atoms with Crippen molar-refractivity contribution in [3.8, 4) is 22.3 Å². The average Bonchev–Trinajstić information content (AvgIpc) is 2.92. The van der Waals surface area contributed by atoms with E-state index in [4.69, 9.17) is 4.42 Å². The second-order valence-corrected chi connectivity index (χ2v) is 8.98. The van der Waals surface area contributed by atoms with E-state index < -0.39 is 0 Å². The molecule has 0 unspecified atom stereocenters. The lowest BCUT2D eigenvalue weighted by atomic mass is 9.98. The maximum Gasteiger partial charge on any atom is 0.200 e. The van der Waals surface area contributed by atoms with Gasteiger partial charge in [-0.05, 0) is 80.2 Å². The Kier molecular flexibility index (Phi) is 4.33. The van der Waals surface area contributed by atoms with Crippen LogP contribution in [0.2, 0.25) is 0 Å². The molecule has 164 valence electrons. The van der Waals surface area contributed by atoms with Gasteiger partial charge in [0.2, 0.25) is 5.43 Å². The van der Waals surface area contributed by atoms with E-state index in [2.05, 4.69) is 60.7 Å². The first kappa shape index (κ1) is 19.7. The standard InChI is InChI=1S/C33H20O2/c34-33-29-19-27(25-11-9-21-5-1-3-7-23(21)17-25)13-15-31(29)35-32-16-14-28(20-30(32)33)26-12-10-22-6-2-4-8-24(22)18-26/h1-20H. The molecular formula is C33H20O2. The number of hydrogen-bond donors (Lipinski definition) is 0. The van der Waals surface area contributed by atoms with Gasteiger partial charge in [0.25, 0.3) is 0 Å². The summed E-state index contributed by atoms with van der Waals surface area (Å²) in [6.07, 6.45) is 0. The molecule has 0 aliphatic carbocycles. The number of rotatable bonds is 2. The van der Waals surface area contributed by atoms with Crippen LogP contribution < -0.4 is 5.43 Å². The molecule has 35 heavy (non-hydrogen) atoms. The van der Waals surface area contributed by atoms with Gasteiger partial charge in [0, 0.05) is 0 Å². The highest BCUT2D eigenvalue weighted by atomic mass is 16.3. The van der Waals surface area contributed by atoms with Gasteiger partial charge in [0.15, 0.2) is 0 Å². The first-order valence-corrected chi connectivity index (χ1v) is 11.7. The number of hydrogen-bond acceptors (Lipinski definition) is 2. The van der Waals surface area contributed by atoms with Gasteiger partial charge in [-0.15, -0.1) is 0 Å². The lowest BCUT2D eigenvalue weighted by Gasteiger charge is -2.08. The maximum absolute atomic E-state index is 13.6. The molecule has 7 rings (SSSR count). The fourth-order valence-electron chi connectivity index (χ4n) is 4.95. The molecule has 0 bridgehead atoms. The van der Waals surface area contributed by atoms with Crippen LogP contribution in [0.5, 0.6) is 0 Å². The zero-order valence-corrected chi connectivity index (χ0v) is 18.9. The molecule has 1 heterocycles. The maximum atomic E-state index is 13.6. The van der Waals surface area contributed by atoms with E-state index in [1.807, 2.05) is 60.7 Å². The molecule has 0 amide bonds. The first-order chi connectivity index (χ1) is 17.2. The van der Waals surface area contributed by atoms with Crippen molar-refractivity contribution in [1.82, 2.24) is 0 Å². The Morgan fingerprint density at radius 3 is 1.29 bits per heavy atom. The summed E-state index contributed by atoms with van der Waals surface area (Å²) in [4.78, 5) is 13.6. The van der Waals surface area contributed by atoms with Crippen LogP contribution in [-0.4, -0.2) is 0 Å². The van der Waals surface area contributed by atoms with Crippen LogP contribution in [0, 0.1) is 0 Å². The van der Waals surface area contributed by atoms with E-state index in [0.29, 0.717) is 21.9 Å². The zero-order valence-electron chi connectivity index (χ0n) is 18.9. The van der Waals surface area contributed by atoms with Gasteiger partial charge >= 0.3 is 0 Å². The molecule has 0 atom stereocenters. The Balaban J connectivity index is 1.39. The molecule has 0 N–H and O–H groups in total. The lowest BCUT2D eigenvalue weighted by Crippen LogP contribution is -2.02. The monoisotopic (exact) mass is 448 g/mol. The summed E-state index contributed by atoms with van der Waals surface area (Å²) < 4.78 is 6.15. The molecule has 7 aromatic rings. The van der Waals surface area contributed by atoms with Gasteiger partial charge in [0.05, 0.1) is 10.8 Å². The Morgan fingerprint density at radius 1 is 0.400 bits per heavy atom. The van der Waals surface area contributed by atoms with Gasteiger partial charge in [-0.1, -0.05) is 84.9 Å². The predicted octanol–water partition coefficient (Wildman–Crippen LogP) is 8.59. The fourth-order valence-corrected chi connectivity index (χ4v) is 4.95. The summed E-state index contributed by atoms with van der Waals surface area (Å²) in [5.41, 5.74) is 5.36. The Labute approximate surface area is 201 Å². The number of benzene rings is 6. The summed E-state index contributed by atoms with van der Waals surface area (Å²) in [6.45, 7) is 0. The Bertz CT molecular complexity index is 1840. The molecule has 0 saturated heterocycles. The summed E-state index contributed by atoms with van der Waals surface area (Å²) >= 11 is 0. The van der Waals surface area contributed by atoms with Crippen LogP contribution in [0.3, 0.4) is 0 Å². The molecule has 6 aromatic carbocycles. The highest BCUT2D eigenvalue weighted by Crippen LogP contribution is 2.30. The van der Waals surface area contributed by atoms with Crippen molar-refractivity contribution < 1.29 is 4.42 Å². The van der Waals surface area contributed by atoms with E-state index in [0.717, 1.165) is 22.3 Å². The summed E-state index contributed by atoms with van der Waals surface area (Å²) in [6, 6.07) is 41.1. The topological polar surface area (TPSA) is 30.2 Å². The zero-order chi connectivity index (χ0) is 23.4. The fraction of sp³-hybridized carbons (Fsp3) is 0. The molecule has 2 heteroatoms. The highest BCUT2D eigenvalue weighted by molar-refractivity contribution is 5.96. The van der Waals surface area contributed by atoms with Crippen LogP contribution in [0.25, 0.3) is 65.7 Å². The molecule has 0 saturated carbocycles. The summed E-state index contributed by atoms with van der Waals surface area (Å²) in [5.74, 6) is 0. The van der Waals surface area contributed by atoms with Gasteiger partial charge < -0.3 is 4.42 Å². The van der Waals surface area contributed by atoms with Gasteiger partial charge in [-0.3, -0.25) is 4.79 Å². The minimum Gasteiger partial charge on any atom is -0.456 e. The first-order valence-electron chi connectivity index (χ1n) is 11.7. The smallest absolute Gasteiger partial charge is 0.200 e. The molecule has 0 radical (unpaired) electrons. The quantitative estimate of drug-likeness (QED) is 0.248. The summed E-state index contributed by atoms with van der Waals surface area (Å²) in [7, 11) is 0. The van der Waals surface area contributed by atoms with Crippen molar-refractivity contribution in [2.45, 2.75) is 0 Å². The molecule has 0 spiro atoms. The predicted molar refractivity (Wildman–Crippen MR) is 146 cm³/mol. The normalized spacial score (nSPS) is 11.5. The van der Waals surface area contributed by atoms with Crippen LogP contribution in [0.1, 0.15) is 0 Å².